The van der Waals surface area contributed by atoms with Gasteiger partial charge in [0.05, 0.1) is 0 Å². The number of benzene rings is 1. The van der Waals surface area contributed by atoms with Crippen LogP contribution < -0.4 is 5.73 Å². The third kappa shape index (κ3) is 2.19. The number of nitrogens with zero attached hydrogens (tertiary/aromatic N) is 1. The highest BCUT2D eigenvalue weighted by molar-refractivity contribution is 5.49. The van der Waals surface area contributed by atoms with Crippen LogP contribution in [0.25, 0.3) is 0 Å². The Morgan fingerprint density at radius 3 is 2.56 bits per heavy atom. The lowest BCUT2D eigenvalue weighted by Crippen LogP contribution is -2.08. The number of halogens is 1. The zero-order valence-electron chi connectivity index (χ0n) is 10.3. The normalized spacial score (nSPS) is 12.4. The average Bonchev–Trinajstić information content (AvgIpc) is 2.32. The average molecular weight is 246 g/mol. The lowest BCUT2D eigenvalue weighted by atomic mass is 9.97. The van der Waals surface area contributed by atoms with Gasteiger partial charge in [0.2, 0.25) is 0 Å². The van der Waals surface area contributed by atoms with E-state index in [0.29, 0.717) is 22.5 Å². The van der Waals surface area contributed by atoms with Gasteiger partial charge in [-0.05, 0) is 42.7 Å². The van der Waals surface area contributed by atoms with E-state index in [0.717, 1.165) is 5.56 Å². The molecule has 4 heteroatoms. The van der Waals surface area contributed by atoms with E-state index in [9.17, 15) is 9.50 Å². The number of aliphatic hydroxyl groups is 1. The summed E-state index contributed by atoms with van der Waals surface area (Å²) < 4.78 is 13.2. The lowest BCUT2D eigenvalue weighted by molar-refractivity contribution is 0.220. The minimum Gasteiger partial charge on any atom is -0.384 e. The standard InChI is InChI=1S/C14H15FN2O/c1-8-5-6-17-14(16)12(8)13(18)10-3-4-11(15)9(2)7-10/h3-7,13,18H,1-2H3,(H2,16,17). The monoisotopic (exact) mass is 246 g/mol. The molecule has 1 unspecified atom stereocenters. The molecule has 2 aromatic rings. The number of nitrogens with two attached hydrogens (primary N) is 1. The summed E-state index contributed by atoms with van der Waals surface area (Å²) >= 11 is 0. The minimum atomic E-state index is -0.891. The Kier molecular flexibility index (Phi) is 3.30. The van der Waals surface area contributed by atoms with E-state index < -0.39 is 6.10 Å². The topological polar surface area (TPSA) is 59.1 Å². The van der Waals surface area contributed by atoms with E-state index in [-0.39, 0.29) is 5.82 Å². The van der Waals surface area contributed by atoms with Crippen LogP contribution in [0.2, 0.25) is 0 Å². The lowest BCUT2D eigenvalue weighted by Gasteiger charge is -2.16. The van der Waals surface area contributed by atoms with Gasteiger partial charge in [0.15, 0.2) is 0 Å². The van der Waals surface area contributed by atoms with Gasteiger partial charge in [-0.1, -0.05) is 12.1 Å². The van der Waals surface area contributed by atoms with Crippen molar-refractivity contribution in [3.63, 3.8) is 0 Å². The molecule has 0 bridgehead atoms. The minimum absolute atomic E-state index is 0.290. The van der Waals surface area contributed by atoms with Gasteiger partial charge in [0.1, 0.15) is 17.7 Å². The largest absolute Gasteiger partial charge is 0.384 e. The van der Waals surface area contributed by atoms with E-state index in [2.05, 4.69) is 4.98 Å². The van der Waals surface area contributed by atoms with Crippen LogP contribution in [0.15, 0.2) is 30.5 Å². The Morgan fingerprint density at radius 2 is 1.94 bits per heavy atom. The first kappa shape index (κ1) is 12.5. The summed E-state index contributed by atoms with van der Waals surface area (Å²) in [6, 6.07) is 6.30. The zero-order valence-corrected chi connectivity index (χ0v) is 10.3. The van der Waals surface area contributed by atoms with Crippen LogP contribution in [0.5, 0.6) is 0 Å². The Morgan fingerprint density at radius 1 is 1.22 bits per heavy atom. The second kappa shape index (κ2) is 4.74. The number of anilines is 1. The smallest absolute Gasteiger partial charge is 0.129 e. The van der Waals surface area contributed by atoms with Crippen molar-refractivity contribution in [3.05, 3.63) is 58.5 Å². The molecule has 1 atom stereocenters. The van der Waals surface area contributed by atoms with E-state index in [1.54, 1.807) is 31.3 Å². The van der Waals surface area contributed by atoms with E-state index in [4.69, 9.17) is 5.73 Å². The predicted octanol–water partition coefficient (Wildman–Crippen LogP) is 2.50. The van der Waals surface area contributed by atoms with E-state index >= 15 is 0 Å². The van der Waals surface area contributed by atoms with Crippen molar-refractivity contribution in [1.29, 1.82) is 0 Å². The molecule has 0 radical (unpaired) electrons. The molecule has 0 spiro atoms. The molecule has 2 rings (SSSR count). The van der Waals surface area contributed by atoms with Crippen molar-refractivity contribution < 1.29 is 9.50 Å². The highest BCUT2D eigenvalue weighted by atomic mass is 19.1. The number of aromatic nitrogens is 1. The molecular formula is C14H15FN2O. The molecule has 0 aliphatic heterocycles. The Labute approximate surface area is 105 Å². The number of aryl methyl sites for hydroxylation is 2. The second-order valence-electron chi connectivity index (χ2n) is 4.34. The second-order valence-corrected chi connectivity index (χ2v) is 4.34. The van der Waals surface area contributed by atoms with Crippen LogP contribution in [0.4, 0.5) is 10.2 Å². The molecule has 94 valence electrons. The van der Waals surface area contributed by atoms with Crippen molar-refractivity contribution in [2.24, 2.45) is 0 Å². The molecule has 0 saturated heterocycles. The van der Waals surface area contributed by atoms with Gasteiger partial charge < -0.3 is 10.8 Å². The van der Waals surface area contributed by atoms with Gasteiger partial charge in [-0.25, -0.2) is 9.37 Å². The Bertz CT molecular complexity index is 564. The maximum Gasteiger partial charge on any atom is 0.129 e. The summed E-state index contributed by atoms with van der Waals surface area (Å²) in [5.41, 5.74) is 8.31. The van der Waals surface area contributed by atoms with Gasteiger partial charge in [-0.15, -0.1) is 0 Å². The van der Waals surface area contributed by atoms with Gasteiger partial charge in [0, 0.05) is 11.8 Å². The Hall–Kier alpha value is -1.94. The molecule has 0 amide bonds. The molecule has 1 aromatic heterocycles. The van der Waals surface area contributed by atoms with Gasteiger partial charge >= 0.3 is 0 Å². The summed E-state index contributed by atoms with van der Waals surface area (Å²) in [5.74, 6) is 0.00584. The fourth-order valence-electron chi connectivity index (χ4n) is 1.95. The highest BCUT2D eigenvalue weighted by Crippen LogP contribution is 2.29. The number of nitrogen functional groups attached to an aromatic ring is 1. The summed E-state index contributed by atoms with van der Waals surface area (Å²) in [7, 11) is 0. The van der Waals surface area contributed by atoms with Gasteiger partial charge in [-0.3, -0.25) is 0 Å². The maximum atomic E-state index is 13.2. The van der Waals surface area contributed by atoms with Crippen molar-refractivity contribution in [2.75, 3.05) is 5.73 Å². The van der Waals surface area contributed by atoms with Crippen LogP contribution in [0, 0.1) is 19.7 Å². The van der Waals surface area contributed by atoms with Crippen molar-refractivity contribution in [3.8, 4) is 0 Å². The first-order valence-corrected chi connectivity index (χ1v) is 5.66. The van der Waals surface area contributed by atoms with Gasteiger partial charge in [-0.2, -0.15) is 0 Å². The van der Waals surface area contributed by atoms with Crippen molar-refractivity contribution in [1.82, 2.24) is 4.98 Å². The third-order valence-electron chi connectivity index (χ3n) is 3.01. The first-order valence-electron chi connectivity index (χ1n) is 5.66. The maximum absolute atomic E-state index is 13.2. The molecule has 18 heavy (non-hydrogen) atoms. The Balaban J connectivity index is 2.48. The van der Waals surface area contributed by atoms with Crippen LogP contribution in [0.3, 0.4) is 0 Å². The first-order chi connectivity index (χ1) is 8.50. The van der Waals surface area contributed by atoms with Crippen LogP contribution in [-0.4, -0.2) is 10.1 Å². The molecule has 0 fully saturated rings. The third-order valence-corrected chi connectivity index (χ3v) is 3.01. The van der Waals surface area contributed by atoms with Crippen molar-refractivity contribution >= 4 is 5.82 Å². The summed E-state index contributed by atoms with van der Waals surface area (Å²) in [6.07, 6.45) is 0.703. The molecular weight excluding hydrogens is 231 g/mol. The summed E-state index contributed by atoms with van der Waals surface area (Å²) in [6.45, 7) is 3.51. The summed E-state index contributed by atoms with van der Waals surface area (Å²) in [4.78, 5) is 3.97. The van der Waals surface area contributed by atoms with E-state index in [1.165, 1.54) is 6.07 Å². The fraction of sp³-hybridized carbons (Fsp3) is 0.214. The molecule has 0 saturated carbocycles. The number of rotatable bonds is 2. The van der Waals surface area contributed by atoms with Crippen LogP contribution >= 0.6 is 0 Å². The van der Waals surface area contributed by atoms with Gasteiger partial charge in [0.25, 0.3) is 0 Å². The molecule has 3 nitrogen and oxygen atoms in total. The molecule has 1 aromatic carbocycles. The number of hydrogen-bond donors (Lipinski definition) is 2. The zero-order chi connectivity index (χ0) is 13.3. The molecule has 1 heterocycles. The summed E-state index contributed by atoms with van der Waals surface area (Å²) in [5, 5.41) is 10.3. The molecule has 0 aliphatic carbocycles. The highest BCUT2D eigenvalue weighted by Gasteiger charge is 2.17. The van der Waals surface area contributed by atoms with Crippen LogP contribution in [0.1, 0.15) is 28.4 Å². The number of hydrogen-bond acceptors (Lipinski definition) is 3. The number of aliphatic hydroxyl groups excluding tert-OH is 1. The SMILES string of the molecule is Cc1cc(C(O)c2c(C)ccnc2N)ccc1F. The van der Waals surface area contributed by atoms with Crippen molar-refractivity contribution in [2.45, 2.75) is 20.0 Å². The predicted molar refractivity (Wildman–Crippen MR) is 68.6 cm³/mol. The fourth-order valence-corrected chi connectivity index (χ4v) is 1.95. The van der Waals surface area contributed by atoms with Crippen LogP contribution in [-0.2, 0) is 0 Å². The quantitative estimate of drug-likeness (QED) is 0.856. The molecule has 0 aliphatic rings. The number of pyridine rings is 1. The molecule has 3 N–H and O–H groups in total. The van der Waals surface area contributed by atoms with E-state index in [1.807, 2.05) is 6.92 Å².